The molecule has 0 aromatic heterocycles. The summed E-state index contributed by atoms with van der Waals surface area (Å²) in [6.07, 6.45) is 1.34. The van der Waals surface area contributed by atoms with Crippen molar-refractivity contribution in [3.05, 3.63) is 17.5 Å². The molecule has 0 unspecified atom stereocenters. The van der Waals surface area contributed by atoms with Crippen molar-refractivity contribution in [2.75, 3.05) is 14.1 Å². The van der Waals surface area contributed by atoms with E-state index < -0.39 is 5.91 Å². The molecule has 0 fully saturated rings. The van der Waals surface area contributed by atoms with Gasteiger partial charge in [-0.3, -0.25) is 4.79 Å². The van der Waals surface area contributed by atoms with Gasteiger partial charge in [-0.2, -0.15) is 0 Å². The Bertz CT molecular complexity index is 195. The predicted octanol–water partition coefficient (Wildman–Crippen LogP) is 0.597. The minimum atomic E-state index is -0.939. The van der Waals surface area contributed by atoms with E-state index in [1.54, 1.807) is 19.0 Å². The molecule has 0 rings (SSSR count). The first-order chi connectivity index (χ1) is 4.95. The van der Waals surface area contributed by atoms with Crippen molar-refractivity contribution in [1.82, 2.24) is 4.90 Å². The van der Waals surface area contributed by atoms with E-state index >= 15 is 0 Å². The second kappa shape index (κ2) is 5.93. The zero-order valence-corrected chi connectivity index (χ0v) is 9.93. The summed E-state index contributed by atoms with van der Waals surface area (Å²) in [4.78, 5) is 22.7. The van der Waals surface area contributed by atoms with E-state index in [-0.39, 0.29) is 31.8 Å². The molecule has 0 aromatic carbocycles. The Hall–Kier alpha value is -0.658. The number of hydrogen-bond donors (Lipinski definition) is 0. The number of ketones is 1. The van der Waals surface area contributed by atoms with Crippen LogP contribution in [0.3, 0.4) is 0 Å². The molecule has 0 bridgehead atoms. The van der Waals surface area contributed by atoms with Crippen molar-refractivity contribution in [2.45, 2.75) is 6.92 Å². The van der Waals surface area contributed by atoms with E-state index in [0.29, 0.717) is 0 Å². The maximum atomic E-state index is 10.7. The number of amides is 1. The van der Waals surface area contributed by atoms with Gasteiger partial charge < -0.3 is 15.4 Å². The van der Waals surface area contributed by atoms with Crippen LogP contribution in [0, 0.1) is 0 Å². The van der Waals surface area contributed by atoms with E-state index in [1.807, 2.05) is 0 Å². The molecule has 12 heavy (non-hydrogen) atoms. The summed E-state index contributed by atoms with van der Waals surface area (Å²) in [6, 6.07) is 0. The normalized spacial score (nSPS) is 10.1. The van der Waals surface area contributed by atoms with E-state index in [1.165, 1.54) is 13.1 Å². The molecular weight excluding hydrogens is 330 g/mol. The minimum Gasteiger partial charge on any atom is -0.663 e. The number of nitrogens with one attached hydrogen (secondary N) is 1. The predicted molar refractivity (Wildman–Crippen MR) is 41.8 cm³/mol. The van der Waals surface area contributed by atoms with Gasteiger partial charge in [0.1, 0.15) is 0 Å². The first kappa shape index (κ1) is 13.9. The third-order valence-corrected chi connectivity index (χ3v) is 1.01. The third kappa shape index (κ3) is 5.05. The van der Waals surface area contributed by atoms with Crippen LogP contribution in [-0.4, -0.2) is 30.7 Å². The second-order valence-corrected chi connectivity index (χ2v) is 2.39. The molecule has 0 saturated heterocycles. The number of carbonyl (C=O) groups is 2. The van der Waals surface area contributed by atoms with Crippen LogP contribution in [0.15, 0.2) is 11.8 Å². The van der Waals surface area contributed by atoms with Crippen LogP contribution in [0.4, 0.5) is 0 Å². The van der Waals surface area contributed by atoms with Gasteiger partial charge in [0.2, 0.25) is 0 Å². The maximum absolute atomic E-state index is 10.7. The van der Waals surface area contributed by atoms with E-state index in [9.17, 15) is 9.59 Å². The van der Waals surface area contributed by atoms with E-state index in [2.05, 4.69) is 0 Å². The molecule has 4 nitrogen and oxygen atoms in total. The minimum absolute atomic E-state index is 0. The van der Waals surface area contributed by atoms with Crippen LogP contribution in [0.1, 0.15) is 6.92 Å². The zero-order valence-electron chi connectivity index (χ0n) is 7.22. The van der Waals surface area contributed by atoms with Crippen LogP contribution < -0.4 is 0 Å². The van der Waals surface area contributed by atoms with Gasteiger partial charge in [-0.15, -0.1) is 0 Å². The van der Waals surface area contributed by atoms with Crippen LogP contribution in [0.2, 0.25) is 0 Å². The molecule has 0 saturated carbocycles. The van der Waals surface area contributed by atoms with Crippen LogP contribution >= 0.6 is 0 Å². The van der Waals surface area contributed by atoms with Crippen molar-refractivity contribution in [3.8, 4) is 0 Å². The molecule has 0 aromatic rings. The van der Waals surface area contributed by atoms with E-state index in [0.717, 1.165) is 0 Å². The van der Waals surface area contributed by atoms with Gasteiger partial charge >= 0.3 is 0 Å². The number of Topliss-reactive ketones (excluding diaryl/α,β-unsaturated/α-hetero) is 1. The Morgan fingerprint density at radius 1 is 1.33 bits per heavy atom. The molecule has 5 heteroatoms. The fourth-order valence-electron chi connectivity index (χ4n) is 0.568. The molecule has 1 N–H and O–H groups in total. The summed E-state index contributed by atoms with van der Waals surface area (Å²) < 4.78 is 0. The summed E-state index contributed by atoms with van der Waals surface area (Å²) in [7, 11) is 3.37. The van der Waals surface area contributed by atoms with Crippen LogP contribution in [-0.2, 0) is 30.0 Å². The van der Waals surface area contributed by atoms with Crippen LogP contribution in [0.25, 0.3) is 5.73 Å². The molecule has 0 aliphatic carbocycles. The molecular formula is C7H11N2O2Re-. The molecule has 1 radical (unpaired) electrons. The standard InChI is InChI=1S/C7H12N2O2.Re/c1-5(10)6(7(8)11)4-9(2)3;/h4H,1-3H3,(H2,8,11);/p-1/b6-4+;. The van der Waals surface area contributed by atoms with Gasteiger partial charge in [0, 0.05) is 40.7 Å². The fourth-order valence-corrected chi connectivity index (χ4v) is 0.568. The summed E-state index contributed by atoms with van der Waals surface area (Å²) >= 11 is 0. The van der Waals surface area contributed by atoms with Crippen molar-refractivity contribution in [1.29, 1.82) is 0 Å². The second-order valence-electron chi connectivity index (χ2n) is 2.39. The van der Waals surface area contributed by atoms with Gasteiger partial charge in [0.05, 0.1) is 11.5 Å². The first-order valence-electron chi connectivity index (χ1n) is 3.10. The Balaban J connectivity index is 0. The topological polar surface area (TPSA) is 61.2 Å². The Kier molecular flexibility index (Phi) is 6.86. The summed E-state index contributed by atoms with van der Waals surface area (Å²) in [5.74, 6) is -1.31. The van der Waals surface area contributed by atoms with Gasteiger partial charge in [0.15, 0.2) is 5.78 Å². The fraction of sp³-hybridized carbons (Fsp3) is 0.429. The SMILES string of the molecule is CC(=O)/C(=C\N(C)C)C([NH-])=O.[Re]. The Labute approximate surface area is 85.4 Å². The molecule has 0 aliphatic rings. The Morgan fingerprint density at radius 2 is 1.75 bits per heavy atom. The molecule has 0 aliphatic heterocycles. The van der Waals surface area contributed by atoms with Gasteiger partial charge in [-0.1, -0.05) is 0 Å². The first-order valence-corrected chi connectivity index (χ1v) is 3.10. The number of carbonyl (C=O) groups excluding carboxylic acids is 2. The summed E-state index contributed by atoms with van der Waals surface area (Å²) in [5, 5.41) is 0. The van der Waals surface area contributed by atoms with Crippen molar-refractivity contribution >= 4 is 11.7 Å². The Morgan fingerprint density at radius 3 is 1.83 bits per heavy atom. The summed E-state index contributed by atoms with van der Waals surface area (Å²) in [5.41, 5.74) is 6.62. The quantitative estimate of drug-likeness (QED) is 0.429. The van der Waals surface area contributed by atoms with Gasteiger partial charge in [-0.25, -0.2) is 0 Å². The molecule has 0 atom stereocenters. The number of hydrogen-bond acceptors (Lipinski definition) is 3. The van der Waals surface area contributed by atoms with Crippen LogP contribution in [0.5, 0.6) is 0 Å². The number of nitrogens with zero attached hydrogens (tertiary/aromatic N) is 1. The van der Waals surface area contributed by atoms with Crippen molar-refractivity contribution in [3.63, 3.8) is 0 Å². The summed E-state index contributed by atoms with van der Waals surface area (Å²) in [6.45, 7) is 1.27. The number of rotatable bonds is 3. The molecule has 69 valence electrons. The van der Waals surface area contributed by atoms with E-state index in [4.69, 9.17) is 5.73 Å². The smallest absolute Gasteiger partial charge is 0.163 e. The van der Waals surface area contributed by atoms with Crippen molar-refractivity contribution in [2.24, 2.45) is 0 Å². The monoisotopic (exact) mass is 342 g/mol. The van der Waals surface area contributed by atoms with Crippen molar-refractivity contribution < 1.29 is 30.0 Å². The molecule has 0 spiro atoms. The average Bonchev–Trinajstić information content (AvgIpc) is 1.81. The molecule has 0 heterocycles. The zero-order chi connectivity index (χ0) is 9.02. The maximum Gasteiger partial charge on any atom is 0.163 e. The average molecular weight is 341 g/mol. The third-order valence-electron chi connectivity index (χ3n) is 1.01. The molecule has 1 amide bonds. The largest absolute Gasteiger partial charge is 0.663 e. The van der Waals surface area contributed by atoms with Gasteiger partial charge in [0.25, 0.3) is 0 Å². The van der Waals surface area contributed by atoms with Gasteiger partial charge in [-0.05, 0) is 6.92 Å².